The van der Waals surface area contributed by atoms with Gasteiger partial charge in [-0.1, -0.05) is 32.3 Å². The van der Waals surface area contributed by atoms with Crippen molar-refractivity contribution in [3.05, 3.63) is 35.5 Å². The van der Waals surface area contributed by atoms with Crippen LogP contribution in [0.2, 0.25) is 0 Å². The second kappa shape index (κ2) is 6.44. The third-order valence-corrected chi connectivity index (χ3v) is 4.64. The zero-order chi connectivity index (χ0) is 14.7. The van der Waals surface area contributed by atoms with E-state index >= 15 is 0 Å². The van der Waals surface area contributed by atoms with Gasteiger partial charge in [0.25, 0.3) is 0 Å². The monoisotopic (exact) mass is 283 g/mol. The summed E-state index contributed by atoms with van der Waals surface area (Å²) in [4.78, 5) is 4.89. The molecule has 3 nitrogen and oxygen atoms in total. The molecule has 1 saturated carbocycles. The van der Waals surface area contributed by atoms with Gasteiger partial charge < -0.3 is 5.43 Å². The zero-order valence-corrected chi connectivity index (χ0v) is 12.9. The minimum absolute atomic E-state index is 0.612. The molecule has 1 aromatic carbocycles. The zero-order valence-electron chi connectivity index (χ0n) is 12.9. The summed E-state index contributed by atoms with van der Waals surface area (Å²) in [6.45, 7) is 2.23. The number of nitrogens with one attached hydrogen (secondary N) is 1. The molecule has 0 spiro atoms. The fourth-order valence-electron chi connectivity index (χ4n) is 3.38. The van der Waals surface area contributed by atoms with E-state index in [1.165, 1.54) is 49.8 Å². The van der Waals surface area contributed by atoms with E-state index < -0.39 is 0 Å². The number of hydrazine groups is 1. The van der Waals surface area contributed by atoms with Crippen LogP contribution in [0.5, 0.6) is 0 Å². The molecule has 0 amide bonds. The molecule has 0 radical (unpaired) electrons. The standard InChI is InChI=1S/C18H25N3/c1-2-3-6-13-9-10-16-15(11-13)18(21-19)12-17(20-16)14-7-4-5-8-14/h9-12,14H,2-8,19H2,1H3,(H,20,21). The number of aryl methyl sites for hydroxylation is 1. The van der Waals surface area contributed by atoms with E-state index in [1.54, 1.807) is 0 Å². The van der Waals surface area contributed by atoms with Crippen molar-refractivity contribution in [1.82, 2.24) is 4.98 Å². The molecule has 112 valence electrons. The third kappa shape index (κ3) is 3.03. The Balaban J connectivity index is 2.00. The molecule has 0 bridgehead atoms. The molecule has 3 heteroatoms. The summed E-state index contributed by atoms with van der Waals surface area (Å²) in [5, 5.41) is 1.15. The van der Waals surface area contributed by atoms with Crippen molar-refractivity contribution in [2.75, 3.05) is 5.43 Å². The van der Waals surface area contributed by atoms with Crippen LogP contribution in [0.25, 0.3) is 10.9 Å². The number of anilines is 1. The van der Waals surface area contributed by atoms with Crippen LogP contribution >= 0.6 is 0 Å². The molecule has 1 aliphatic rings. The average molecular weight is 283 g/mol. The Bertz CT molecular complexity index is 615. The Hall–Kier alpha value is -1.61. The molecule has 0 atom stereocenters. The van der Waals surface area contributed by atoms with Crippen LogP contribution in [0.15, 0.2) is 24.3 Å². The summed E-state index contributed by atoms with van der Waals surface area (Å²) < 4.78 is 0. The van der Waals surface area contributed by atoms with Crippen molar-refractivity contribution < 1.29 is 0 Å². The molecule has 1 fully saturated rings. The van der Waals surface area contributed by atoms with Crippen molar-refractivity contribution in [2.45, 2.75) is 57.8 Å². The van der Waals surface area contributed by atoms with Gasteiger partial charge in [0, 0.05) is 17.0 Å². The molecule has 1 aliphatic carbocycles. The molecule has 2 aromatic rings. The van der Waals surface area contributed by atoms with Crippen LogP contribution in [-0.4, -0.2) is 4.98 Å². The minimum atomic E-state index is 0.612. The summed E-state index contributed by atoms with van der Waals surface area (Å²) in [6.07, 6.45) is 8.75. The topological polar surface area (TPSA) is 50.9 Å². The Morgan fingerprint density at radius 2 is 2.05 bits per heavy atom. The van der Waals surface area contributed by atoms with E-state index in [1.807, 2.05) is 0 Å². The maximum Gasteiger partial charge on any atom is 0.0726 e. The molecular weight excluding hydrogens is 258 g/mol. The highest BCUT2D eigenvalue weighted by atomic mass is 15.2. The van der Waals surface area contributed by atoms with Crippen LogP contribution in [0.3, 0.4) is 0 Å². The van der Waals surface area contributed by atoms with Gasteiger partial charge in [-0.15, -0.1) is 0 Å². The number of benzene rings is 1. The maximum atomic E-state index is 5.76. The van der Waals surface area contributed by atoms with Gasteiger partial charge in [-0.05, 0) is 49.4 Å². The van der Waals surface area contributed by atoms with Crippen LogP contribution in [-0.2, 0) is 6.42 Å². The predicted octanol–water partition coefficient (Wildman–Crippen LogP) is 4.52. The highest BCUT2D eigenvalue weighted by Crippen LogP contribution is 2.36. The van der Waals surface area contributed by atoms with Gasteiger partial charge in [0.2, 0.25) is 0 Å². The number of aromatic nitrogens is 1. The van der Waals surface area contributed by atoms with E-state index in [-0.39, 0.29) is 0 Å². The molecule has 0 unspecified atom stereocenters. The van der Waals surface area contributed by atoms with Crippen molar-refractivity contribution in [1.29, 1.82) is 0 Å². The summed E-state index contributed by atoms with van der Waals surface area (Å²) >= 11 is 0. The third-order valence-electron chi connectivity index (χ3n) is 4.64. The first-order chi connectivity index (χ1) is 10.3. The normalized spacial score (nSPS) is 15.7. The van der Waals surface area contributed by atoms with Crippen LogP contribution in [0.4, 0.5) is 5.69 Å². The lowest BCUT2D eigenvalue weighted by Gasteiger charge is -2.14. The van der Waals surface area contributed by atoms with Gasteiger partial charge in [-0.25, -0.2) is 0 Å². The van der Waals surface area contributed by atoms with Crippen molar-refractivity contribution in [2.24, 2.45) is 5.84 Å². The minimum Gasteiger partial charge on any atom is -0.323 e. The van der Waals surface area contributed by atoms with Crippen LogP contribution in [0, 0.1) is 0 Å². The van der Waals surface area contributed by atoms with E-state index in [0.717, 1.165) is 23.0 Å². The molecule has 1 aromatic heterocycles. The first-order valence-corrected chi connectivity index (χ1v) is 8.22. The Morgan fingerprint density at radius 1 is 1.24 bits per heavy atom. The lowest BCUT2D eigenvalue weighted by molar-refractivity contribution is 0.701. The number of rotatable bonds is 5. The lowest BCUT2D eigenvalue weighted by Crippen LogP contribution is -2.09. The molecular formula is C18H25N3. The van der Waals surface area contributed by atoms with Gasteiger partial charge in [0.05, 0.1) is 11.2 Å². The van der Waals surface area contributed by atoms with Gasteiger partial charge in [0.1, 0.15) is 0 Å². The molecule has 21 heavy (non-hydrogen) atoms. The SMILES string of the molecule is CCCCc1ccc2nc(C3CCCC3)cc(NN)c2c1. The summed E-state index contributed by atoms with van der Waals surface area (Å²) in [6, 6.07) is 8.76. The van der Waals surface area contributed by atoms with E-state index in [9.17, 15) is 0 Å². The van der Waals surface area contributed by atoms with Crippen LogP contribution in [0.1, 0.15) is 62.6 Å². The fraction of sp³-hybridized carbons (Fsp3) is 0.500. The van der Waals surface area contributed by atoms with E-state index in [0.29, 0.717) is 5.92 Å². The predicted molar refractivity (Wildman–Crippen MR) is 89.4 cm³/mol. The summed E-state index contributed by atoms with van der Waals surface area (Å²) in [5.74, 6) is 6.37. The van der Waals surface area contributed by atoms with Crippen molar-refractivity contribution in [3.63, 3.8) is 0 Å². The molecule has 0 aliphatic heterocycles. The van der Waals surface area contributed by atoms with Gasteiger partial charge in [-0.2, -0.15) is 0 Å². The number of pyridine rings is 1. The second-order valence-electron chi connectivity index (χ2n) is 6.18. The number of unbranched alkanes of at least 4 members (excludes halogenated alkanes) is 1. The number of fused-ring (bicyclic) bond motifs is 1. The van der Waals surface area contributed by atoms with Crippen molar-refractivity contribution >= 4 is 16.6 Å². The first-order valence-electron chi connectivity index (χ1n) is 8.22. The average Bonchev–Trinajstić information content (AvgIpc) is 3.06. The molecule has 0 saturated heterocycles. The van der Waals surface area contributed by atoms with Crippen molar-refractivity contribution in [3.8, 4) is 0 Å². The van der Waals surface area contributed by atoms with E-state index in [4.69, 9.17) is 10.8 Å². The highest BCUT2D eigenvalue weighted by Gasteiger charge is 2.19. The number of nitrogen functional groups attached to an aromatic ring is 1. The first kappa shape index (κ1) is 14.3. The number of nitrogens with two attached hydrogens (primary N) is 1. The maximum absolute atomic E-state index is 5.76. The molecule has 3 N–H and O–H groups in total. The number of nitrogens with zero attached hydrogens (tertiary/aromatic N) is 1. The molecule has 3 rings (SSSR count). The molecule has 1 heterocycles. The summed E-state index contributed by atoms with van der Waals surface area (Å²) in [5.41, 5.74) is 7.53. The van der Waals surface area contributed by atoms with Gasteiger partial charge in [0.15, 0.2) is 0 Å². The second-order valence-corrected chi connectivity index (χ2v) is 6.18. The van der Waals surface area contributed by atoms with Crippen LogP contribution < -0.4 is 11.3 Å². The lowest BCUT2D eigenvalue weighted by atomic mass is 9.99. The van der Waals surface area contributed by atoms with Gasteiger partial charge >= 0.3 is 0 Å². The smallest absolute Gasteiger partial charge is 0.0726 e. The Kier molecular flexibility index (Phi) is 4.39. The number of hydrogen-bond acceptors (Lipinski definition) is 3. The highest BCUT2D eigenvalue weighted by molar-refractivity contribution is 5.91. The number of hydrogen-bond donors (Lipinski definition) is 2. The summed E-state index contributed by atoms with van der Waals surface area (Å²) in [7, 11) is 0. The van der Waals surface area contributed by atoms with E-state index in [2.05, 4.69) is 36.6 Å². The largest absolute Gasteiger partial charge is 0.323 e. The quantitative estimate of drug-likeness (QED) is 0.626. The van der Waals surface area contributed by atoms with Gasteiger partial charge in [-0.3, -0.25) is 10.8 Å². The fourth-order valence-corrected chi connectivity index (χ4v) is 3.38. The Morgan fingerprint density at radius 3 is 2.76 bits per heavy atom. The Labute approximate surface area is 126 Å².